The molecule has 0 aliphatic carbocycles. The number of nitrogens with zero attached hydrogens (tertiary/aromatic N) is 2. The van der Waals surface area contributed by atoms with Crippen molar-refractivity contribution in [2.24, 2.45) is 0 Å². The molecule has 6 heteroatoms. The second-order valence-electron chi connectivity index (χ2n) is 5.65. The zero-order chi connectivity index (χ0) is 17.8. The second-order valence-corrected chi connectivity index (χ2v) is 7.03. The molecule has 0 unspecified atom stereocenters. The van der Waals surface area contributed by atoms with Crippen LogP contribution in [0.25, 0.3) is 10.9 Å². The van der Waals surface area contributed by atoms with E-state index >= 15 is 0 Å². The molecule has 1 aromatic heterocycles. The summed E-state index contributed by atoms with van der Waals surface area (Å²) in [5.74, 6) is 1.53. The van der Waals surface area contributed by atoms with Crippen LogP contribution in [-0.2, 0) is 12.3 Å². The van der Waals surface area contributed by atoms with Crippen molar-refractivity contribution < 1.29 is 4.74 Å². The maximum atomic E-state index is 12.8. The van der Waals surface area contributed by atoms with Crippen LogP contribution in [0.1, 0.15) is 18.9 Å². The topological polar surface area (TPSA) is 44.1 Å². The number of hydrogen-bond donors (Lipinski definition) is 0. The monoisotopic (exact) mass is 374 g/mol. The summed E-state index contributed by atoms with van der Waals surface area (Å²) in [6, 6.07) is 13.1. The molecule has 0 amide bonds. The number of benzene rings is 2. The fraction of sp³-hybridized carbons (Fsp3) is 0.263. The van der Waals surface area contributed by atoms with Gasteiger partial charge >= 0.3 is 0 Å². The van der Waals surface area contributed by atoms with Crippen molar-refractivity contribution in [3.63, 3.8) is 0 Å². The molecule has 0 aliphatic heterocycles. The second kappa shape index (κ2) is 7.93. The molecule has 1 heterocycles. The van der Waals surface area contributed by atoms with Gasteiger partial charge in [-0.15, -0.1) is 0 Å². The quantitative estimate of drug-likeness (QED) is 0.461. The standard InChI is InChI=1S/C19H19ClN2O2S/c1-3-9-22-18(23)16-8-7-14(20)11-17(16)21-19(22)25-12-13-5-4-6-15(10-13)24-2/h4-8,10-11H,3,9,12H2,1-2H3. The van der Waals surface area contributed by atoms with E-state index < -0.39 is 0 Å². The molecule has 130 valence electrons. The van der Waals surface area contributed by atoms with Gasteiger partial charge < -0.3 is 4.74 Å². The Balaban J connectivity index is 1.98. The molecular formula is C19H19ClN2O2S. The number of rotatable bonds is 6. The van der Waals surface area contributed by atoms with Gasteiger partial charge in [0.25, 0.3) is 5.56 Å². The third-order valence-electron chi connectivity index (χ3n) is 3.83. The van der Waals surface area contributed by atoms with Gasteiger partial charge in [0, 0.05) is 17.3 Å². The Bertz CT molecular complexity index is 956. The SMILES string of the molecule is CCCn1c(SCc2cccc(OC)c2)nc2cc(Cl)ccc2c1=O. The van der Waals surface area contributed by atoms with Crippen molar-refractivity contribution in [2.45, 2.75) is 30.8 Å². The smallest absolute Gasteiger partial charge is 0.262 e. The molecule has 0 atom stereocenters. The highest BCUT2D eigenvalue weighted by atomic mass is 35.5. The highest BCUT2D eigenvalue weighted by Crippen LogP contribution is 2.25. The molecule has 0 aliphatic rings. The summed E-state index contributed by atoms with van der Waals surface area (Å²) in [4.78, 5) is 17.5. The Kier molecular flexibility index (Phi) is 5.66. The molecule has 0 fully saturated rings. The van der Waals surface area contributed by atoms with E-state index in [4.69, 9.17) is 16.3 Å². The molecule has 0 saturated heterocycles. The van der Waals surface area contributed by atoms with Gasteiger partial charge in [0.1, 0.15) is 5.75 Å². The summed E-state index contributed by atoms with van der Waals surface area (Å²) in [7, 11) is 1.65. The van der Waals surface area contributed by atoms with Crippen LogP contribution in [0.3, 0.4) is 0 Å². The average Bonchev–Trinajstić information content (AvgIpc) is 2.62. The fourth-order valence-electron chi connectivity index (χ4n) is 2.61. The molecule has 0 radical (unpaired) electrons. The van der Waals surface area contributed by atoms with Crippen molar-refractivity contribution in [1.29, 1.82) is 0 Å². The van der Waals surface area contributed by atoms with Crippen molar-refractivity contribution in [3.05, 3.63) is 63.4 Å². The number of hydrogen-bond acceptors (Lipinski definition) is 4. The summed E-state index contributed by atoms with van der Waals surface area (Å²) in [6.45, 7) is 2.69. The summed E-state index contributed by atoms with van der Waals surface area (Å²) >= 11 is 7.61. The van der Waals surface area contributed by atoms with Crippen molar-refractivity contribution in [1.82, 2.24) is 9.55 Å². The zero-order valence-corrected chi connectivity index (χ0v) is 15.7. The van der Waals surface area contributed by atoms with Gasteiger partial charge in [-0.25, -0.2) is 4.98 Å². The van der Waals surface area contributed by atoms with E-state index in [2.05, 4.69) is 11.9 Å². The minimum absolute atomic E-state index is 0.0170. The van der Waals surface area contributed by atoms with Gasteiger partial charge in [0.15, 0.2) is 5.16 Å². The lowest BCUT2D eigenvalue weighted by atomic mass is 10.2. The van der Waals surface area contributed by atoms with Crippen LogP contribution in [-0.4, -0.2) is 16.7 Å². The molecule has 0 spiro atoms. The lowest BCUT2D eigenvalue weighted by Gasteiger charge is -2.12. The molecular weight excluding hydrogens is 356 g/mol. The molecule has 3 rings (SSSR count). The van der Waals surface area contributed by atoms with Crippen LogP contribution in [0.2, 0.25) is 5.02 Å². The number of ether oxygens (including phenoxy) is 1. The molecule has 0 N–H and O–H groups in total. The maximum absolute atomic E-state index is 12.8. The predicted octanol–water partition coefficient (Wildman–Crippen LogP) is 4.76. The molecule has 25 heavy (non-hydrogen) atoms. The first kappa shape index (κ1) is 17.8. The van der Waals surface area contributed by atoms with Crippen LogP contribution in [0.5, 0.6) is 5.75 Å². The van der Waals surface area contributed by atoms with E-state index in [9.17, 15) is 4.79 Å². The summed E-state index contributed by atoms with van der Waals surface area (Å²) in [5.41, 5.74) is 1.74. The minimum atomic E-state index is -0.0170. The van der Waals surface area contributed by atoms with E-state index in [0.29, 0.717) is 33.4 Å². The lowest BCUT2D eigenvalue weighted by Crippen LogP contribution is -2.23. The van der Waals surface area contributed by atoms with Crippen molar-refractivity contribution in [3.8, 4) is 5.75 Å². The fourth-order valence-corrected chi connectivity index (χ4v) is 3.75. The minimum Gasteiger partial charge on any atom is -0.497 e. The van der Waals surface area contributed by atoms with E-state index in [0.717, 1.165) is 17.7 Å². The number of thioether (sulfide) groups is 1. The number of aromatic nitrogens is 2. The van der Waals surface area contributed by atoms with Gasteiger partial charge in [0.05, 0.1) is 18.0 Å². The van der Waals surface area contributed by atoms with E-state index in [1.165, 1.54) is 0 Å². The summed E-state index contributed by atoms with van der Waals surface area (Å²) in [6.07, 6.45) is 0.868. The van der Waals surface area contributed by atoms with Crippen LogP contribution in [0.15, 0.2) is 52.4 Å². The number of methoxy groups -OCH3 is 1. The first-order chi connectivity index (χ1) is 12.1. The zero-order valence-electron chi connectivity index (χ0n) is 14.2. The largest absolute Gasteiger partial charge is 0.497 e. The Morgan fingerprint density at radius 2 is 2.08 bits per heavy atom. The van der Waals surface area contributed by atoms with E-state index in [1.807, 2.05) is 24.3 Å². The number of fused-ring (bicyclic) bond motifs is 1. The molecule has 0 bridgehead atoms. The third-order valence-corrected chi connectivity index (χ3v) is 5.11. The molecule has 3 aromatic rings. The van der Waals surface area contributed by atoms with E-state index in [-0.39, 0.29) is 5.56 Å². The Morgan fingerprint density at radius 1 is 1.24 bits per heavy atom. The highest BCUT2D eigenvalue weighted by Gasteiger charge is 2.12. The predicted molar refractivity (Wildman–Crippen MR) is 104 cm³/mol. The van der Waals surface area contributed by atoms with Gasteiger partial charge in [-0.2, -0.15) is 0 Å². The Labute approximate surface area is 155 Å². The molecule has 4 nitrogen and oxygen atoms in total. The van der Waals surface area contributed by atoms with Crippen LogP contribution in [0.4, 0.5) is 0 Å². The van der Waals surface area contributed by atoms with Crippen LogP contribution >= 0.6 is 23.4 Å². The number of halogens is 1. The maximum Gasteiger partial charge on any atom is 0.262 e. The molecule has 0 saturated carbocycles. The van der Waals surface area contributed by atoms with Gasteiger partial charge in [0.2, 0.25) is 0 Å². The molecule has 2 aromatic carbocycles. The highest BCUT2D eigenvalue weighted by molar-refractivity contribution is 7.98. The summed E-state index contributed by atoms with van der Waals surface area (Å²) < 4.78 is 7.02. The van der Waals surface area contributed by atoms with Gasteiger partial charge in [-0.1, -0.05) is 42.4 Å². The summed E-state index contributed by atoms with van der Waals surface area (Å²) in [5, 5.41) is 1.89. The normalized spacial score (nSPS) is 11.0. The van der Waals surface area contributed by atoms with Gasteiger partial charge in [-0.05, 0) is 42.3 Å². The third kappa shape index (κ3) is 3.99. The Morgan fingerprint density at radius 3 is 2.84 bits per heavy atom. The van der Waals surface area contributed by atoms with E-state index in [1.54, 1.807) is 41.6 Å². The first-order valence-electron chi connectivity index (χ1n) is 8.08. The first-order valence-corrected chi connectivity index (χ1v) is 9.44. The lowest BCUT2D eigenvalue weighted by molar-refractivity contribution is 0.414. The van der Waals surface area contributed by atoms with Crippen molar-refractivity contribution in [2.75, 3.05) is 7.11 Å². The van der Waals surface area contributed by atoms with Crippen LogP contribution in [0, 0.1) is 0 Å². The van der Waals surface area contributed by atoms with Crippen LogP contribution < -0.4 is 10.3 Å². The Hall–Kier alpha value is -1.98. The van der Waals surface area contributed by atoms with Gasteiger partial charge in [-0.3, -0.25) is 9.36 Å². The average molecular weight is 375 g/mol. The van der Waals surface area contributed by atoms with Crippen molar-refractivity contribution >= 4 is 34.3 Å².